The number of phenols is 2. The van der Waals surface area contributed by atoms with E-state index in [-0.39, 0.29) is 22.8 Å². The summed E-state index contributed by atoms with van der Waals surface area (Å²) in [5.74, 6) is -0.689. The normalized spacial score (nSPS) is 23.1. The average molecular weight is 604 g/mol. The number of amides is 1. The third kappa shape index (κ3) is 4.83. The SMILES string of the molecule is COc1cc2c3c(cc4ccc(O)cc4c3c1OC)N([C@@H]1O[C@H](COC(=O)/C=C/c3ccc(O)cc3)[C@@H](O)[C@H](O)[C@H]1O)C2=O. The lowest BCUT2D eigenvalue weighted by Crippen LogP contribution is -2.64. The maximum Gasteiger partial charge on any atom is 0.330 e. The number of rotatable bonds is 7. The standard InChI is InChI=1S/C32H29NO11/c1-41-22-13-20-25-21(11-16-6-9-18(35)12-19(16)26(25)30(22)42-2)33(31(20)40)32-29(39)28(38)27(37)23(44-32)14-43-24(36)10-5-15-3-7-17(34)8-4-15/h3-13,23,27-29,32,34-35,37-39H,14H2,1-2H3/b10-5+/t23-,27-,28+,29-,32-/m1/s1. The fourth-order valence-corrected chi connectivity index (χ4v) is 5.72. The Labute approximate surface area is 250 Å². The highest BCUT2D eigenvalue weighted by Crippen LogP contribution is 2.50. The Kier molecular flexibility index (Phi) is 7.51. The molecule has 2 aliphatic heterocycles. The molecule has 1 amide bonds. The minimum atomic E-state index is -1.75. The number of methoxy groups -OCH3 is 2. The lowest BCUT2D eigenvalue weighted by molar-refractivity contribution is -0.229. The molecule has 5 N–H and O–H groups in total. The van der Waals surface area contributed by atoms with E-state index in [1.807, 2.05) is 0 Å². The monoisotopic (exact) mass is 603 g/mol. The van der Waals surface area contributed by atoms with Gasteiger partial charge in [0.25, 0.3) is 5.91 Å². The third-order valence-electron chi connectivity index (χ3n) is 7.87. The van der Waals surface area contributed by atoms with Gasteiger partial charge in [0.1, 0.15) is 42.5 Å². The molecule has 0 bridgehead atoms. The van der Waals surface area contributed by atoms with E-state index in [1.54, 1.807) is 30.3 Å². The number of anilines is 1. The summed E-state index contributed by atoms with van der Waals surface area (Å²) in [6.45, 7) is -0.497. The number of hydrogen-bond acceptors (Lipinski definition) is 11. The van der Waals surface area contributed by atoms with E-state index in [1.165, 1.54) is 49.5 Å². The summed E-state index contributed by atoms with van der Waals surface area (Å²) in [7, 11) is 2.88. The first-order valence-electron chi connectivity index (χ1n) is 13.6. The number of phenolic OH excluding ortho intramolecular Hbond substituents is 2. The predicted molar refractivity (Wildman–Crippen MR) is 158 cm³/mol. The van der Waals surface area contributed by atoms with E-state index < -0.39 is 49.1 Å². The number of benzene rings is 4. The minimum absolute atomic E-state index is 0.00107. The molecule has 0 saturated carbocycles. The number of esters is 1. The van der Waals surface area contributed by atoms with Crippen molar-refractivity contribution in [2.45, 2.75) is 30.6 Å². The highest BCUT2D eigenvalue weighted by atomic mass is 16.6. The van der Waals surface area contributed by atoms with Crippen molar-refractivity contribution >= 4 is 45.2 Å². The van der Waals surface area contributed by atoms with Crippen molar-refractivity contribution in [3.05, 3.63) is 71.8 Å². The number of aliphatic hydroxyl groups is 3. The number of aliphatic hydroxyl groups excluding tert-OH is 3. The zero-order valence-corrected chi connectivity index (χ0v) is 23.6. The lowest BCUT2D eigenvalue weighted by Gasteiger charge is -2.43. The van der Waals surface area contributed by atoms with Gasteiger partial charge in [-0.15, -0.1) is 0 Å². The van der Waals surface area contributed by atoms with Crippen LogP contribution >= 0.6 is 0 Å². The predicted octanol–water partition coefficient (Wildman–Crippen LogP) is 2.45. The van der Waals surface area contributed by atoms with Crippen molar-refractivity contribution in [3.63, 3.8) is 0 Å². The maximum atomic E-state index is 14.0. The van der Waals surface area contributed by atoms with Crippen LogP contribution in [0.2, 0.25) is 0 Å². The van der Waals surface area contributed by atoms with E-state index in [9.17, 15) is 35.1 Å². The van der Waals surface area contributed by atoms with Crippen molar-refractivity contribution in [1.29, 1.82) is 0 Å². The van der Waals surface area contributed by atoms with Gasteiger partial charge in [-0.1, -0.05) is 18.2 Å². The van der Waals surface area contributed by atoms with Crippen LogP contribution in [0.3, 0.4) is 0 Å². The summed E-state index contributed by atoms with van der Waals surface area (Å²) in [6.07, 6.45) is -5.31. The minimum Gasteiger partial charge on any atom is -0.508 e. The number of carbonyl (C=O) groups is 2. The average Bonchev–Trinajstić information content (AvgIpc) is 3.29. The van der Waals surface area contributed by atoms with Crippen LogP contribution in [0, 0.1) is 0 Å². The summed E-state index contributed by atoms with van der Waals surface area (Å²) in [4.78, 5) is 27.6. The Hall–Kier alpha value is -4.88. The van der Waals surface area contributed by atoms with Gasteiger partial charge in [0, 0.05) is 16.8 Å². The first-order valence-corrected chi connectivity index (χ1v) is 13.6. The van der Waals surface area contributed by atoms with Crippen LogP contribution in [0.25, 0.3) is 27.6 Å². The fourth-order valence-electron chi connectivity index (χ4n) is 5.72. The van der Waals surface area contributed by atoms with Gasteiger partial charge in [-0.2, -0.15) is 0 Å². The zero-order valence-electron chi connectivity index (χ0n) is 23.6. The summed E-state index contributed by atoms with van der Waals surface area (Å²) in [5.41, 5.74) is 1.17. The molecule has 0 spiro atoms. The molecule has 0 aliphatic carbocycles. The third-order valence-corrected chi connectivity index (χ3v) is 7.87. The molecule has 4 aromatic carbocycles. The van der Waals surface area contributed by atoms with Gasteiger partial charge in [-0.05, 0) is 58.8 Å². The quantitative estimate of drug-likeness (QED) is 0.119. The molecular formula is C32H29NO11. The Balaban J connectivity index is 1.34. The molecule has 12 heteroatoms. The van der Waals surface area contributed by atoms with Crippen LogP contribution in [0.1, 0.15) is 15.9 Å². The molecule has 0 unspecified atom stereocenters. The number of ether oxygens (including phenoxy) is 4. The Morgan fingerprint density at radius 1 is 0.909 bits per heavy atom. The van der Waals surface area contributed by atoms with E-state index in [2.05, 4.69) is 0 Å². The van der Waals surface area contributed by atoms with Crippen molar-refractivity contribution < 1.29 is 54.1 Å². The zero-order chi connectivity index (χ0) is 31.3. The van der Waals surface area contributed by atoms with Crippen LogP contribution in [0.4, 0.5) is 5.69 Å². The summed E-state index contributed by atoms with van der Waals surface area (Å²) in [6, 6.07) is 14.0. The molecule has 6 rings (SSSR count). The molecule has 5 atom stereocenters. The van der Waals surface area contributed by atoms with Gasteiger partial charge in [-0.25, -0.2) is 4.79 Å². The molecule has 1 saturated heterocycles. The van der Waals surface area contributed by atoms with Gasteiger partial charge in [0.2, 0.25) is 0 Å². The summed E-state index contributed by atoms with van der Waals surface area (Å²) < 4.78 is 22.4. The lowest BCUT2D eigenvalue weighted by atomic mass is 9.96. The molecule has 228 valence electrons. The van der Waals surface area contributed by atoms with E-state index in [0.717, 1.165) is 6.08 Å². The van der Waals surface area contributed by atoms with E-state index in [4.69, 9.17) is 18.9 Å². The second-order valence-corrected chi connectivity index (χ2v) is 10.5. The van der Waals surface area contributed by atoms with Crippen LogP contribution in [0.5, 0.6) is 23.0 Å². The fraction of sp³-hybridized carbons (Fsp3) is 0.250. The van der Waals surface area contributed by atoms with Gasteiger partial charge >= 0.3 is 5.97 Å². The molecule has 0 radical (unpaired) electrons. The van der Waals surface area contributed by atoms with E-state index in [0.29, 0.717) is 38.5 Å². The molecular weight excluding hydrogens is 574 g/mol. The van der Waals surface area contributed by atoms with Gasteiger partial charge in [0.15, 0.2) is 17.7 Å². The van der Waals surface area contributed by atoms with Gasteiger partial charge in [0.05, 0.1) is 25.5 Å². The second-order valence-electron chi connectivity index (χ2n) is 10.5. The molecule has 12 nitrogen and oxygen atoms in total. The highest BCUT2D eigenvalue weighted by molar-refractivity contribution is 6.31. The number of hydrogen-bond donors (Lipinski definition) is 5. The van der Waals surface area contributed by atoms with Crippen molar-refractivity contribution in [2.75, 3.05) is 25.7 Å². The maximum absolute atomic E-state index is 14.0. The van der Waals surface area contributed by atoms with Gasteiger partial charge in [-0.3, -0.25) is 9.69 Å². The number of fused-ring (bicyclic) bond motifs is 2. The van der Waals surface area contributed by atoms with E-state index >= 15 is 0 Å². The van der Waals surface area contributed by atoms with Crippen molar-refractivity contribution in [3.8, 4) is 23.0 Å². The smallest absolute Gasteiger partial charge is 0.330 e. The van der Waals surface area contributed by atoms with Crippen molar-refractivity contribution in [2.24, 2.45) is 0 Å². The van der Waals surface area contributed by atoms with Gasteiger partial charge < -0.3 is 44.5 Å². The van der Waals surface area contributed by atoms with Crippen LogP contribution in [-0.2, 0) is 14.3 Å². The molecule has 0 aromatic heterocycles. The van der Waals surface area contributed by atoms with Crippen LogP contribution in [-0.4, -0.2) is 88.9 Å². The Bertz CT molecular complexity index is 1800. The molecule has 2 aliphatic rings. The Morgan fingerprint density at radius 2 is 1.64 bits per heavy atom. The largest absolute Gasteiger partial charge is 0.508 e. The van der Waals surface area contributed by atoms with Crippen LogP contribution in [0.15, 0.2) is 60.7 Å². The van der Waals surface area contributed by atoms with Crippen LogP contribution < -0.4 is 14.4 Å². The summed E-state index contributed by atoms with van der Waals surface area (Å²) in [5, 5.41) is 54.3. The second kappa shape index (κ2) is 11.3. The molecule has 44 heavy (non-hydrogen) atoms. The highest BCUT2D eigenvalue weighted by Gasteiger charge is 2.50. The topological polar surface area (TPSA) is 175 Å². The number of aromatic hydroxyl groups is 2. The molecule has 2 heterocycles. The number of nitrogens with zero attached hydrogens (tertiary/aromatic N) is 1. The molecule has 4 aromatic rings. The number of carbonyl (C=O) groups excluding carboxylic acids is 2. The van der Waals surface area contributed by atoms with Crippen molar-refractivity contribution in [1.82, 2.24) is 0 Å². The first-order chi connectivity index (χ1) is 21.1. The Morgan fingerprint density at radius 3 is 2.34 bits per heavy atom. The summed E-state index contributed by atoms with van der Waals surface area (Å²) >= 11 is 0. The first kappa shape index (κ1) is 29.2. The molecule has 1 fully saturated rings.